The fourth-order valence-electron chi connectivity index (χ4n) is 7.61. The lowest BCUT2D eigenvalue weighted by atomic mass is 9.97. The lowest BCUT2D eigenvalue weighted by Gasteiger charge is -2.26. The summed E-state index contributed by atoms with van der Waals surface area (Å²) in [6, 6.07) is 67.5. The van der Waals surface area contributed by atoms with Gasteiger partial charge in [0.2, 0.25) is 0 Å². The molecule has 2 heteroatoms. The molecule has 1 heterocycles. The molecule has 0 atom stereocenters. The molecule has 0 fully saturated rings. The van der Waals surface area contributed by atoms with Crippen molar-refractivity contribution in [1.29, 1.82) is 0 Å². The van der Waals surface area contributed by atoms with E-state index in [0.29, 0.717) is 0 Å². The monoisotopic (exact) mass is 637 g/mol. The molecule has 0 N–H and O–H groups in total. The van der Waals surface area contributed by atoms with E-state index in [1.807, 2.05) is 0 Å². The third-order valence-corrected chi connectivity index (χ3v) is 10.1. The Morgan fingerprint density at radius 1 is 0.320 bits per heavy atom. The van der Waals surface area contributed by atoms with Gasteiger partial charge in [0.1, 0.15) is 11.2 Å². The zero-order chi connectivity index (χ0) is 33.0. The summed E-state index contributed by atoms with van der Waals surface area (Å²) >= 11 is 0. The van der Waals surface area contributed by atoms with Crippen LogP contribution >= 0.6 is 0 Å². The summed E-state index contributed by atoms with van der Waals surface area (Å²) < 4.78 is 6.49. The minimum Gasteiger partial charge on any atom is -0.455 e. The lowest BCUT2D eigenvalue weighted by molar-refractivity contribution is 0.672. The molecule has 1 aromatic heterocycles. The Morgan fingerprint density at radius 3 is 1.38 bits per heavy atom. The second-order valence-corrected chi connectivity index (χ2v) is 12.9. The molecule has 0 unspecified atom stereocenters. The zero-order valence-electron chi connectivity index (χ0n) is 27.3. The SMILES string of the molecule is c1ccc2c(-c3ccc(N(c4ccc(-c5cccc6ccccc56)cc4)c4ccc5oc6c7ccccc7ccc6c5c4)cc3)cccc2c1. The highest BCUT2D eigenvalue weighted by molar-refractivity contribution is 6.15. The normalized spacial score (nSPS) is 11.6. The van der Waals surface area contributed by atoms with Crippen LogP contribution in [0.15, 0.2) is 192 Å². The van der Waals surface area contributed by atoms with Crippen molar-refractivity contribution < 1.29 is 4.42 Å². The van der Waals surface area contributed by atoms with Gasteiger partial charge in [0.15, 0.2) is 0 Å². The Labute approximate surface area is 290 Å². The van der Waals surface area contributed by atoms with Crippen molar-refractivity contribution >= 4 is 71.3 Å². The van der Waals surface area contributed by atoms with E-state index >= 15 is 0 Å². The van der Waals surface area contributed by atoms with Crippen molar-refractivity contribution in [2.75, 3.05) is 4.90 Å². The maximum absolute atomic E-state index is 6.49. The highest BCUT2D eigenvalue weighted by Crippen LogP contribution is 2.42. The molecule has 0 radical (unpaired) electrons. The van der Waals surface area contributed by atoms with Crippen LogP contribution in [0.3, 0.4) is 0 Å². The van der Waals surface area contributed by atoms with Crippen molar-refractivity contribution in [3.05, 3.63) is 188 Å². The van der Waals surface area contributed by atoms with Crippen molar-refractivity contribution in [3.63, 3.8) is 0 Å². The fourth-order valence-corrected chi connectivity index (χ4v) is 7.61. The van der Waals surface area contributed by atoms with Gasteiger partial charge < -0.3 is 9.32 Å². The molecule has 9 aromatic carbocycles. The molecule has 0 amide bonds. The van der Waals surface area contributed by atoms with Gasteiger partial charge in [-0.3, -0.25) is 0 Å². The molecule has 2 nitrogen and oxygen atoms in total. The quantitative estimate of drug-likeness (QED) is 0.187. The van der Waals surface area contributed by atoms with E-state index in [9.17, 15) is 0 Å². The molecule has 234 valence electrons. The van der Waals surface area contributed by atoms with Gasteiger partial charge in [-0.2, -0.15) is 0 Å². The average Bonchev–Trinajstić information content (AvgIpc) is 3.57. The molecular formula is C48H31NO. The summed E-state index contributed by atoms with van der Waals surface area (Å²) in [7, 11) is 0. The van der Waals surface area contributed by atoms with E-state index in [1.54, 1.807) is 0 Å². The van der Waals surface area contributed by atoms with Crippen molar-refractivity contribution in [2.24, 2.45) is 0 Å². The highest BCUT2D eigenvalue weighted by Gasteiger charge is 2.17. The Bertz CT molecular complexity index is 2730. The third kappa shape index (κ3) is 4.65. The van der Waals surface area contributed by atoms with Gasteiger partial charge in [-0.1, -0.05) is 140 Å². The number of benzene rings is 9. The molecule has 10 aromatic rings. The van der Waals surface area contributed by atoms with Crippen LogP contribution in [0.2, 0.25) is 0 Å². The van der Waals surface area contributed by atoms with Gasteiger partial charge in [-0.15, -0.1) is 0 Å². The minimum atomic E-state index is 0.887. The van der Waals surface area contributed by atoms with Crippen LogP contribution in [0.25, 0.3) is 76.5 Å². The molecule has 0 aliphatic rings. The van der Waals surface area contributed by atoms with Gasteiger partial charge in [-0.05, 0) is 97.7 Å². The maximum atomic E-state index is 6.49. The van der Waals surface area contributed by atoms with Crippen LogP contribution in [0, 0.1) is 0 Å². The summed E-state index contributed by atoms with van der Waals surface area (Å²) in [5, 5.41) is 9.55. The van der Waals surface area contributed by atoms with Crippen LogP contribution < -0.4 is 4.90 Å². The fraction of sp³-hybridized carbons (Fsp3) is 0. The molecule has 0 bridgehead atoms. The lowest BCUT2D eigenvalue weighted by Crippen LogP contribution is -2.09. The summed E-state index contributed by atoms with van der Waals surface area (Å²) in [5.41, 5.74) is 9.93. The largest absolute Gasteiger partial charge is 0.455 e. The van der Waals surface area contributed by atoms with Crippen molar-refractivity contribution in [2.45, 2.75) is 0 Å². The Morgan fingerprint density at radius 2 is 0.800 bits per heavy atom. The molecule has 0 saturated heterocycles. The van der Waals surface area contributed by atoms with Crippen LogP contribution in [0.1, 0.15) is 0 Å². The first kappa shape index (κ1) is 28.4. The van der Waals surface area contributed by atoms with Crippen LogP contribution in [0.5, 0.6) is 0 Å². The molecular weight excluding hydrogens is 607 g/mol. The molecule has 0 aliphatic heterocycles. The Balaban J connectivity index is 1.12. The molecule has 0 aliphatic carbocycles. The smallest absolute Gasteiger partial charge is 0.143 e. The van der Waals surface area contributed by atoms with Gasteiger partial charge in [0, 0.05) is 33.2 Å². The van der Waals surface area contributed by atoms with E-state index < -0.39 is 0 Å². The Hall–Kier alpha value is -6.64. The molecule has 0 spiro atoms. The molecule has 10 rings (SSSR count). The number of rotatable bonds is 5. The number of anilines is 3. The first-order valence-electron chi connectivity index (χ1n) is 17.1. The second-order valence-electron chi connectivity index (χ2n) is 12.9. The minimum absolute atomic E-state index is 0.887. The van der Waals surface area contributed by atoms with E-state index in [0.717, 1.165) is 44.4 Å². The van der Waals surface area contributed by atoms with Crippen molar-refractivity contribution in [3.8, 4) is 22.3 Å². The predicted molar refractivity (Wildman–Crippen MR) is 212 cm³/mol. The summed E-state index contributed by atoms with van der Waals surface area (Å²) in [6.45, 7) is 0. The number of furan rings is 1. The number of fused-ring (bicyclic) bond motifs is 7. The summed E-state index contributed by atoms with van der Waals surface area (Å²) in [5.74, 6) is 0. The Kier molecular flexibility index (Phi) is 6.53. The summed E-state index contributed by atoms with van der Waals surface area (Å²) in [4.78, 5) is 2.35. The van der Waals surface area contributed by atoms with E-state index in [2.05, 4.69) is 193 Å². The van der Waals surface area contributed by atoms with Gasteiger partial charge >= 0.3 is 0 Å². The predicted octanol–water partition coefficient (Wildman–Crippen LogP) is 13.8. The van der Waals surface area contributed by atoms with Crippen LogP contribution in [0.4, 0.5) is 17.1 Å². The molecule has 50 heavy (non-hydrogen) atoms. The van der Waals surface area contributed by atoms with Gasteiger partial charge in [0.25, 0.3) is 0 Å². The second kappa shape index (κ2) is 11.5. The highest BCUT2D eigenvalue weighted by atomic mass is 16.3. The number of hydrogen-bond donors (Lipinski definition) is 0. The van der Waals surface area contributed by atoms with Gasteiger partial charge in [0.05, 0.1) is 0 Å². The van der Waals surface area contributed by atoms with E-state index in [1.165, 1.54) is 49.2 Å². The maximum Gasteiger partial charge on any atom is 0.143 e. The van der Waals surface area contributed by atoms with Gasteiger partial charge in [-0.25, -0.2) is 0 Å². The molecule has 0 saturated carbocycles. The summed E-state index contributed by atoms with van der Waals surface area (Å²) in [6.07, 6.45) is 0. The number of hydrogen-bond acceptors (Lipinski definition) is 2. The van der Waals surface area contributed by atoms with E-state index in [4.69, 9.17) is 4.42 Å². The average molecular weight is 638 g/mol. The van der Waals surface area contributed by atoms with E-state index in [-0.39, 0.29) is 0 Å². The zero-order valence-corrected chi connectivity index (χ0v) is 27.3. The number of nitrogens with zero attached hydrogens (tertiary/aromatic N) is 1. The van der Waals surface area contributed by atoms with Crippen molar-refractivity contribution in [1.82, 2.24) is 0 Å². The third-order valence-electron chi connectivity index (χ3n) is 10.1. The topological polar surface area (TPSA) is 16.4 Å². The first-order valence-corrected chi connectivity index (χ1v) is 17.1. The first-order chi connectivity index (χ1) is 24.8. The van der Waals surface area contributed by atoms with Crippen LogP contribution in [-0.2, 0) is 0 Å². The van der Waals surface area contributed by atoms with Crippen LogP contribution in [-0.4, -0.2) is 0 Å². The standard InChI is InChI=1S/C48H31NO/c1-4-14-40-32(9-1)12-7-17-42(40)35-19-24-37(25-20-35)49(38-26-21-36(22-27-38)43-18-8-13-33-10-2-5-15-41(33)43)39-28-30-47-46(31-39)45-29-23-34-11-3-6-16-44(34)48(45)50-47/h1-31H.